The molecule has 0 bridgehead atoms. The molecule has 3 saturated carbocycles. The molecule has 0 aromatic heterocycles. The number of unbranched alkanes of at least 4 members (excludes halogenated alkanes) is 2. The van der Waals surface area contributed by atoms with E-state index in [1.807, 2.05) is 0 Å². The van der Waals surface area contributed by atoms with Crippen molar-refractivity contribution in [2.75, 3.05) is 0 Å². The maximum absolute atomic E-state index is 13.8. The van der Waals surface area contributed by atoms with Crippen LogP contribution in [0.5, 0.6) is 5.75 Å². The molecule has 0 N–H and O–H groups in total. The SMILES string of the molecule is CCCCCC1CCC2C(CC[C@@H]3C[C@H](C(=O)Oc4ccc(C#N)c(F)c4)CC[C@H]23)C1. The number of carbonyl (C=O) groups excluding carboxylic acids is 1. The second kappa shape index (κ2) is 10.2. The van der Waals surface area contributed by atoms with Gasteiger partial charge in [0, 0.05) is 6.07 Å². The number of fused-ring (bicyclic) bond motifs is 3. The van der Waals surface area contributed by atoms with Crippen LogP contribution in [0.2, 0.25) is 0 Å². The molecule has 0 aliphatic heterocycles. The Morgan fingerprint density at radius 2 is 1.81 bits per heavy atom. The van der Waals surface area contributed by atoms with Crippen LogP contribution in [-0.2, 0) is 4.79 Å². The molecule has 6 atom stereocenters. The van der Waals surface area contributed by atoms with E-state index in [1.54, 1.807) is 6.07 Å². The van der Waals surface area contributed by atoms with Crippen molar-refractivity contribution < 1.29 is 13.9 Å². The molecular weight excluding hydrogens is 389 g/mol. The molecule has 168 valence electrons. The Morgan fingerprint density at radius 1 is 1.06 bits per heavy atom. The van der Waals surface area contributed by atoms with E-state index in [4.69, 9.17) is 10.00 Å². The molecule has 3 aliphatic carbocycles. The van der Waals surface area contributed by atoms with Crippen LogP contribution in [0.25, 0.3) is 0 Å². The molecule has 1 aromatic rings. The number of ether oxygens (including phenoxy) is 1. The lowest BCUT2D eigenvalue weighted by molar-refractivity contribution is -0.142. The molecule has 4 rings (SSSR count). The Bertz CT molecular complexity index is 816. The van der Waals surface area contributed by atoms with Crippen LogP contribution >= 0.6 is 0 Å². The Morgan fingerprint density at radius 3 is 2.52 bits per heavy atom. The summed E-state index contributed by atoms with van der Waals surface area (Å²) in [6, 6.07) is 5.82. The van der Waals surface area contributed by atoms with E-state index in [0.29, 0.717) is 5.92 Å². The van der Waals surface area contributed by atoms with Crippen LogP contribution in [0.4, 0.5) is 4.39 Å². The summed E-state index contributed by atoms with van der Waals surface area (Å²) in [4.78, 5) is 12.7. The second-order valence-electron chi connectivity index (χ2n) is 10.3. The van der Waals surface area contributed by atoms with Crippen LogP contribution in [0.15, 0.2) is 18.2 Å². The highest BCUT2D eigenvalue weighted by molar-refractivity contribution is 5.75. The second-order valence-corrected chi connectivity index (χ2v) is 10.3. The molecule has 3 fully saturated rings. The van der Waals surface area contributed by atoms with Gasteiger partial charge in [0.1, 0.15) is 17.6 Å². The third kappa shape index (κ3) is 5.13. The number of nitriles is 1. The molecule has 0 radical (unpaired) electrons. The highest BCUT2D eigenvalue weighted by Crippen LogP contribution is 2.54. The lowest BCUT2D eigenvalue weighted by atomic mass is 9.55. The third-order valence-corrected chi connectivity index (χ3v) is 8.48. The molecule has 0 spiro atoms. The highest BCUT2D eigenvalue weighted by Gasteiger charge is 2.45. The number of nitrogens with zero attached hydrogens (tertiary/aromatic N) is 1. The number of halogens is 1. The van der Waals surface area contributed by atoms with Gasteiger partial charge in [-0.2, -0.15) is 5.26 Å². The molecule has 1 aromatic carbocycles. The minimum atomic E-state index is -0.639. The van der Waals surface area contributed by atoms with Crippen LogP contribution in [-0.4, -0.2) is 5.97 Å². The van der Waals surface area contributed by atoms with Gasteiger partial charge in [-0.15, -0.1) is 0 Å². The lowest BCUT2D eigenvalue weighted by Gasteiger charge is -2.50. The molecule has 3 nitrogen and oxygen atoms in total. The number of carbonyl (C=O) groups is 1. The maximum atomic E-state index is 13.8. The zero-order chi connectivity index (χ0) is 21.8. The van der Waals surface area contributed by atoms with E-state index in [1.165, 1.54) is 69.9 Å². The Kier molecular flexibility index (Phi) is 7.31. The largest absolute Gasteiger partial charge is 0.426 e. The average Bonchev–Trinajstić information content (AvgIpc) is 2.78. The van der Waals surface area contributed by atoms with E-state index in [9.17, 15) is 9.18 Å². The zero-order valence-corrected chi connectivity index (χ0v) is 18.8. The third-order valence-electron chi connectivity index (χ3n) is 8.48. The quantitative estimate of drug-likeness (QED) is 0.279. The van der Waals surface area contributed by atoms with Crippen molar-refractivity contribution >= 4 is 5.97 Å². The van der Waals surface area contributed by atoms with Gasteiger partial charge < -0.3 is 4.74 Å². The zero-order valence-electron chi connectivity index (χ0n) is 18.8. The predicted molar refractivity (Wildman–Crippen MR) is 119 cm³/mol. The van der Waals surface area contributed by atoms with Crippen molar-refractivity contribution in [1.29, 1.82) is 5.26 Å². The molecule has 31 heavy (non-hydrogen) atoms. The van der Waals surface area contributed by atoms with Gasteiger partial charge in [0.15, 0.2) is 0 Å². The molecule has 4 heteroatoms. The summed E-state index contributed by atoms with van der Waals surface area (Å²) < 4.78 is 19.3. The van der Waals surface area contributed by atoms with Crippen molar-refractivity contribution in [3.63, 3.8) is 0 Å². The van der Waals surface area contributed by atoms with Crippen molar-refractivity contribution in [1.82, 2.24) is 0 Å². The summed E-state index contributed by atoms with van der Waals surface area (Å²) >= 11 is 0. The fourth-order valence-electron chi connectivity index (χ4n) is 6.90. The fourth-order valence-corrected chi connectivity index (χ4v) is 6.90. The van der Waals surface area contributed by atoms with Gasteiger partial charge >= 0.3 is 5.97 Å². The number of benzene rings is 1. The van der Waals surface area contributed by atoms with Gasteiger partial charge in [-0.1, -0.05) is 39.0 Å². The van der Waals surface area contributed by atoms with E-state index in [0.717, 1.165) is 49.0 Å². The summed E-state index contributed by atoms with van der Waals surface area (Å²) in [7, 11) is 0. The van der Waals surface area contributed by atoms with E-state index in [-0.39, 0.29) is 23.2 Å². The van der Waals surface area contributed by atoms with E-state index >= 15 is 0 Å². The Hall–Kier alpha value is -1.89. The fraction of sp³-hybridized carbons (Fsp3) is 0.704. The van der Waals surface area contributed by atoms with Crippen LogP contribution in [0, 0.1) is 52.7 Å². The number of rotatable bonds is 6. The van der Waals surface area contributed by atoms with Crippen molar-refractivity contribution in [3.05, 3.63) is 29.6 Å². The van der Waals surface area contributed by atoms with Gasteiger partial charge in [-0.25, -0.2) is 4.39 Å². The van der Waals surface area contributed by atoms with Gasteiger partial charge in [0.2, 0.25) is 0 Å². The predicted octanol–water partition coefficient (Wildman–Crippen LogP) is 7.04. The molecule has 0 heterocycles. The minimum Gasteiger partial charge on any atom is -0.426 e. The molecule has 0 saturated heterocycles. The van der Waals surface area contributed by atoms with Crippen LogP contribution < -0.4 is 4.74 Å². The van der Waals surface area contributed by atoms with Crippen molar-refractivity contribution in [2.45, 2.75) is 84.0 Å². The summed E-state index contributed by atoms with van der Waals surface area (Å²) in [5.41, 5.74) is -0.0304. The molecule has 0 amide bonds. The standard InChI is InChI=1S/C27H36FNO2/c1-2-3-4-5-18-6-12-24-19(14-18)7-8-20-15-21(10-13-25(20)24)27(30)31-23-11-9-22(17-29)26(28)16-23/h9,11,16,18-21,24-25H,2-8,10,12-15H2,1H3/t18?,19?,20-,21-,24?,25+/m1/s1. The van der Waals surface area contributed by atoms with Gasteiger partial charge in [-0.3, -0.25) is 4.79 Å². The van der Waals surface area contributed by atoms with E-state index in [2.05, 4.69) is 6.92 Å². The van der Waals surface area contributed by atoms with Crippen LogP contribution in [0.1, 0.15) is 89.5 Å². The lowest BCUT2D eigenvalue weighted by Crippen LogP contribution is -2.42. The Balaban J connectivity index is 1.30. The molecule has 3 aliphatic rings. The van der Waals surface area contributed by atoms with Crippen molar-refractivity contribution in [2.24, 2.45) is 35.5 Å². The molecule has 3 unspecified atom stereocenters. The summed E-state index contributed by atoms with van der Waals surface area (Å²) in [6.07, 6.45) is 15.3. The first-order chi connectivity index (χ1) is 15.1. The monoisotopic (exact) mass is 425 g/mol. The normalized spacial score (nSPS) is 32.4. The number of hydrogen-bond acceptors (Lipinski definition) is 3. The molecular formula is C27H36FNO2. The van der Waals surface area contributed by atoms with Gasteiger partial charge in [-0.05, 0) is 86.7 Å². The first kappa shape index (κ1) is 22.3. The summed E-state index contributed by atoms with van der Waals surface area (Å²) in [6.45, 7) is 2.28. The van der Waals surface area contributed by atoms with Gasteiger partial charge in [0.25, 0.3) is 0 Å². The highest BCUT2D eigenvalue weighted by atomic mass is 19.1. The van der Waals surface area contributed by atoms with Crippen molar-refractivity contribution in [3.8, 4) is 11.8 Å². The van der Waals surface area contributed by atoms with Crippen LogP contribution in [0.3, 0.4) is 0 Å². The summed E-state index contributed by atoms with van der Waals surface area (Å²) in [5, 5.41) is 8.85. The maximum Gasteiger partial charge on any atom is 0.314 e. The first-order valence-corrected chi connectivity index (χ1v) is 12.5. The Labute approximate surface area is 186 Å². The first-order valence-electron chi connectivity index (χ1n) is 12.5. The average molecular weight is 426 g/mol. The summed E-state index contributed by atoms with van der Waals surface area (Å²) in [5.74, 6) is 3.40. The number of hydrogen-bond donors (Lipinski definition) is 0. The van der Waals surface area contributed by atoms with Gasteiger partial charge in [0.05, 0.1) is 11.5 Å². The topological polar surface area (TPSA) is 50.1 Å². The van der Waals surface area contributed by atoms with E-state index < -0.39 is 5.82 Å². The smallest absolute Gasteiger partial charge is 0.314 e. The number of esters is 1. The minimum absolute atomic E-state index is 0.0304.